The van der Waals surface area contributed by atoms with Gasteiger partial charge in [-0.1, -0.05) is 18.5 Å². The molecule has 0 unspecified atom stereocenters. The SMILES string of the molecule is CCC(=O)Oc1c(I)cc(/C=C2\N=C(c3cc([N+](=O)[O-])ccc3Cl)OC2=O)cc1OC. The molecular formula is C20H14ClIN2O7. The third-order valence-electron chi connectivity index (χ3n) is 4.07. The van der Waals surface area contributed by atoms with Crippen LogP contribution in [0.15, 0.2) is 41.0 Å². The van der Waals surface area contributed by atoms with E-state index in [0.29, 0.717) is 14.9 Å². The van der Waals surface area contributed by atoms with Crippen molar-refractivity contribution in [2.75, 3.05) is 7.11 Å². The fourth-order valence-corrected chi connectivity index (χ4v) is 3.51. The molecule has 0 aromatic heterocycles. The minimum absolute atomic E-state index is 0.0336. The summed E-state index contributed by atoms with van der Waals surface area (Å²) in [7, 11) is 1.43. The fourth-order valence-electron chi connectivity index (χ4n) is 2.58. The minimum Gasteiger partial charge on any atom is -0.493 e. The van der Waals surface area contributed by atoms with Gasteiger partial charge in [0.15, 0.2) is 17.2 Å². The lowest BCUT2D eigenvalue weighted by Gasteiger charge is -2.11. The summed E-state index contributed by atoms with van der Waals surface area (Å²) in [4.78, 5) is 38.5. The number of ether oxygens (including phenoxy) is 3. The summed E-state index contributed by atoms with van der Waals surface area (Å²) >= 11 is 8.08. The average molecular weight is 557 g/mol. The standard InChI is InChI=1S/C20H14ClIN2O7/c1-3-17(25)30-18-14(22)6-10(8-16(18)29-2)7-15-20(26)31-19(23-15)12-9-11(24(27)28)4-5-13(12)21/h4-9H,3H2,1-2H3/b15-7-. The number of nitro groups is 1. The summed E-state index contributed by atoms with van der Waals surface area (Å²) in [6.07, 6.45) is 1.66. The highest BCUT2D eigenvalue weighted by atomic mass is 127. The van der Waals surface area contributed by atoms with Gasteiger partial charge >= 0.3 is 11.9 Å². The van der Waals surface area contributed by atoms with Crippen molar-refractivity contribution < 1.29 is 28.7 Å². The summed E-state index contributed by atoms with van der Waals surface area (Å²) in [5.41, 5.74) is 0.419. The Kier molecular flexibility index (Phi) is 6.91. The molecule has 0 amide bonds. The Balaban J connectivity index is 1.99. The highest BCUT2D eigenvalue weighted by Gasteiger charge is 2.27. The predicted molar refractivity (Wildman–Crippen MR) is 120 cm³/mol. The van der Waals surface area contributed by atoms with Crippen LogP contribution in [0, 0.1) is 13.7 Å². The summed E-state index contributed by atoms with van der Waals surface area (Å²) in [6, 6.07) is 7.00. The smallest absolute Gasteiger partial charge is 0.363 e. The molecule has 160 valence electrons. The van der Waals surface area contributed by atoms with Gasteiger partial charge in [-0.3, -0.25) is 14.9 Å². The first-order chi connectivity index (χ1) is 14.7. The topological polar surface area (TPSA) is 117 Å². The Bertz CT molecular complexity index is 1160. The normalized spacial score (nSPS) is 14.3. The van der Waals surface area contributed by atoms with Crippen molar-refractivity contribution in [2.24, 2.45) is 4.99 Å². The van der Waals surface area contributed by atoms with Crippen LogP contribution in [0.1, 0.15) is 24.5 Å². The maximum absolute atomic E-state index is 12.3. The van der Waals surface area contributed by atoms with E-state index in [9.17, 15) is 19.7 Å². The Morgan fingerprint density at radius 3 is 2.74 bits per heavy atom. The highest BCUT2D eigenvalue weighted by molar-refractivity contribution is 14.1. The Hall–Kier alpha value is -2.99. The molecule has 0 atom stereocenters. The maximum Gasteiger partial charge on any atom is 0.363 e. The van der Waals surface area contributed by atoms with Gasteiger partial charge in [0.2, 0.25) is 5.90 Å². The summed E-state index contributed by atoms with van der Waals surface area (Å²) in [6.45, 7) is 1.68. The van der Waals surface area contributed by atoms with Crippen LogP contribution in [-0.4, -0.2) is 29.9 Å². The molecule has 2 aromatic rings. The molecule has 0 bridgehead atoms. The van der Waals surface area contributed by atoms with Crippen LogP contribution in [0.25, 0.3) is 6.08 Å². The molecule has 2 aromatic carbocycles. The van der Waals surface area contributed by atoms with Crippen LogP contribution in [0.5, 0.6) is 11.5 Å². The quantitative estimate of drug-likeness (QED) is 0.128. The van der Waals surface area contributed by atoms with Crippen molar-refractivity contribution in [2.45, 2.75) is 13.3 Å². The zero-order valence-electron chi connectivity index (χ0n) is 16.2. The number of non-ortho nitro benzene ring substituents is 1. The lowest BCUT2D eigenvalue weighted by Crippen LogP contribution is -2.08. The van der Waals surface area contributed by atoms with Gasteiger partial charge in [0, 0.05) is 18.6 Å². The molecule has 0 saturated heterocycles. The van der Waals surface area contributed by atoms with Crippen LogP contribution in [0.3, 0.4) is 0 Å². The molecule has 0 N–H and O–H groups in total. The number of cyclic esters (lactones) is 1. The molecule has 1 aliphatic rings. The molecule has 0 spiro atoms. The second-order valence-corrected chi connectivity index (χ2v) is 7.69. The number of benzene rings is 2. The third-order valence-corrected chi connectivity index (χ3v) is 5.20. The molecule has 0 saturated carbocycles. The second-order valence-electron chi connectivity index (χ2n) is 6.12. The molecular weight excluding hydrogens is 543 g/mol. The van der Waals surface area contributed by atoms with E-state index in [1.165, 1.54) is 31.4 Å². The minimum atomic E-state index is -0.743. The number of hydrogen-bond acceptors (Lipinski definition) is 8. The summed E-state index contributed by atoms with van der Waals surface area (Å²) in [5, 5.41) is 11.2. The molecule has 1 heterocycles. The van der Waals surface area contributed by atoms with Crippen molar-refractivity contribution >= 4 is 63.8 Å². The van der Waals surface area contributed by atoms with Gasteiger partial charge in [0.1, 0.15) is 0 Å². The molecule has 1 aliphatic heterocycles. The molecule has 9 nitrogen and oxygen atoms in total. The van der Waals surface area contributed by atoms with Crippen molar-refractivity contribution in [1.82, 2.24) is 0 Å². The van der Waals surface area contributed by atoms with Crippen LogP contribution >= 0.6 is 34.2 Å². The summed E-state index contributed by atoms with van der Waals surface area (Å²) < 4.78 is 16.3. The maximum atomic E-state index is 12.3. The number of nitrogens with zero attached hydrogens (tertiary/aromatic N) is 2. The molecule has 0 aliphatic carbocycles. The monoisotopic (exact) mass is 556 g/mol. The first-order valence-corrected chi connectivity index (χ1v) is 10.2. The zero-order chi connectivity index (χ0) is 22.7. The number of halogens is 2. The van der Waals surface area contributed by atoms with Gasteiger partial charge in [-0.05, 0) is 52.4 Å². The van der Waals surface area contributed by atoms with E-state index in [1.54, 1.807) is 19.1 Å². The van der Waals surface area contributed by atoms with E-state index in [0.717, 1.165) is 0 Å². The lowest BCUT2D eigenvalue weighted by molar-refractivity contribution is -0.384. The van der Waals surface area contributed by atoms with E-state index in [1.807, 2.05) is 22.6 Å². The molecule has 0 fully saturated rings. The van der Waals surface area contributed by atoms with Crippen LogP contribution in [-0.2, 0) is 14.3 Å². The van der Waals surface area contributed by atoms with Gasteiger partial charge in [-0.15, -0.1) is 0 Å². The van der Waals surface area contributed by atoms with E-state index in [-0.39, 0.29) is 40.0 Å². The van der Waals surface area contributed by atoms with Crippen LogP contribution in [0.4, 0.5) is 5.69 Å². The first kappa shape index (κ1) is 22.7. The zero-order valence-corrected chi connectivity index (χ0v) is 19.1. The number of methoxy groups -OCH3 is 1. The van der Waals surface area contributed by atoms with Crippen molar-refractivity contribution in [3.8, 4) is 11.5 Å². The number of nitro benzene ring substituents is 1. The van der Waals surface area contributed by atoms with Gasteiger partial charge in [0.25, 0.3) is 5.69 Å². The van der Waals surface area contributed by atoms with Crippen LogP contribution in [0.2, 0.25) is 5.02 Å². The number of carbonyl (C=O) groups is 2. The van der Waals surface area contributed by atoms with Gasteiger partial charge in [0.05, 0.1) is 26.2 Å². The van der Waals surface area contributed by atoms with E-state index in [2.05, 4.69) is 4.99 Å². The Morgan fingerprint density at radius 1 is 1.35 bits per heavy atom. The number of esters is 2. The predicted octanol–water partition coefficient (Wildman–Crippen LogP) is 4.52. The summed E-state index contributed by atoms with van der Waals surface area (Å²) in [5.74, 6) is -0.713. The third kappa shape index (κ3) is 5.02. The van der Waals surface area contributed by atoms with E-state index >= 15 is 0 Å². The van der Waals surface area contributed by atoms with E-state index in [4.69, 9.17) is 25.8 Å². The number of rotatable bonds is 6. The fraction of sp³-hybridized carbons (Fsp3) is 0.150. The lowest BCUT2D eigenvalue weighted by atomic mass is 10.1. The molecule has 11 heteroatoms. The Labute approximate surface area is 194 Å². The first-order valence-electron chi connectivity index (χ1n) is 8.78. The van der Waals surface area contributed by atoms with Crippen molar-refractivity contribution in [1.29, 1.82) is 0 Å². The molecule has 31 heavy (non-hydrogen) atoms. The van der Waals surface area contributed by atoms with Gasteiger partial charge < -0.3 is 14.2 Å². The second kappa shape index (κ2) is 9.43. The van der Waals surface area contributed by atoms with E-state index < -0.39 is 16.9 Å². The number of hydrogen-bond donors (Lipinski definition) is 0. The number of aliphatic imine (C=N–C) groups is 1. The van der Waals surface area contributed by atoms with Crippen LogP contribution < -0.4 is 9.47 Å². The average Bonchev–Trinajstić information content (AvgIpc) is 3.09. The van der Waals surface area contributed by atoms with Crippen molar-refractivity contribution in [3.05, 3.63) is 65.9 Å². The Morgan fingerprint density at radius 2 is 2.10 bits per heavy atom. The highest BCUT2D eigenvalue weighted by Crippen LogP contribution is 2.35. The molecule has 0 radical (unpaired) electrons. The molecule has 3 rings (SSSR count). The van der Waals surface area contributed by atoms with Gasteiger partial charge in [-0.25, -0.2) is 9.79 Å². The van der Waals surface area contributed by atoms with Crippen molar-refractivity contribution in [3.63, 3.8) is 0 Å². The largest absolute Gasteiger partial charge is 0.493 e. The number of carbonyl (C=O) groups excluding carboxylic acids is 2. The van der Waals surface area contributed by atoms with Gasteiger partial charge in [-0.2, -0.15) is 0 Å².